The summed E-state index contributed by atoms with van der Waals surface area (Å²) >= 11 is 0. The summed E-state index contributed by atoms with van der Waals surface area (Å²) in [6.07, 6.45) is -95.1. The highest BCUT2D eigenvalue weighted by Gasteiger charge is 2.67. The number of aliphatic hydroxyl groups is 28. The summed E-state index contributed by atoms with van der Waals surface area (Å²) in [4.78, 5) is 120. The average Bonchev–Trinajstić information content (AvgIpc) is 0.744. The number of aliphatic carboxylic acids is 4. The van der Waals surface area contributed by atoms with E-state index in [1.54, 1.807) is 0 Å². The lowest BCUT2D eigenvalue weighted by molar-refractivity contribution is -0.405. The minimum Gasteiger partial charge on any atom is -0.477 e. The van der Waals surface area contributed by atoms with E-state index in [0.29, 0.717) is 0 Å². The normalized spacial score (nSPS) is 41.8. The summed E-state index contributed by atoms with van der Waals surface area (Å²) < 4.78 is 87.1. The summed E-state index contributed by atoms with van der Waals surface area (Å²) in [5.41, 5.74) is 0. The van der Waals surface area contributed by atoms with E-state index in [4.69, 9.17) is 71.1 Å². The van der Waals surface area contributed by atoms with Crippen LogP contribution in [0.3, 0.4) is 0 Å². The molecule has 61 heteroatoms. The third-order valence-corrected chi connectivity index (χ3v) is 22.9. The van der Waals surface area contributed by atoms with Crippen LogP contribution in [0.2, 0.25) is 0 Å². The summed E-state index contributed by atoms with van der Waals surface area (Å²) in [6, 6.07) is -11.1. The highest BCUT2D eigenvalue weighted by molar-refractivity contribution is 5.81. The summed E-state index contributed by atoms with van der Waals surface area (Å²) in [5, 5.41) is 365. The van der Waals surface area contributed by atoms with E-state index in [2.05, 4.69) is 10.6 Å². The number of carboxylic acids is 4. The van der Waals surface area contributed by atoms with Crippen molar-refractivity contribution < 1.29 is 278 Å². The lowest BCUT2D eigenvalue weighted by atomic mass is 9.86. The van der Waals surface area contributed by atoms with E-state index in [9.17, 15) is 207 Å². The number of amides is 5. The molecule has 0 radical (unpaired) electrons. The number of rotatable bonds is 42. The Morgan fingerprint density at radius 1 is 0.328 bits per heavy atom. The van der Waals surface area contributed by atoms with Crippen molar-refractivity contribution >= 4 is 53.4 Å². The van der Waals surface area contributed by atoms with Gasteiger partial charge in [-0.05, 0) is 0 Å². The highest BCUT2D eigenvalue weighted by Crippen LogP contribution is 2.46. The Morgan fingerprint density at radius 3 is 0.992 bits per heavy atom. The van der Waals surface area contributed by atoms with Crippen molar-refractivity contribution in [2.75, 3.05) is 72.7 Å². The smallest absolute Gasteiger partial charge is 0.364 e. The molecule has 8 aliphatic heterocycles. The fourth-order valence-electron chi connectivity index (χ4n) is 16.3. The first-order valence-electron chi connectivity index (χ1n) is 40.2. The molecule has 0 bridgehead atoms. The lowest BCUT2D eigenvalue weighted by Crippen LogP contribution is -2.73. The first kappa shape index (κ1) is 110. The lowest BCUT2D eigenvalue weighted by Gasteiger charge is -2.53. The van der Waals surface area contributed by atoms with E-state index in [-0.39, 0.29) is 0 Å². The number of ether oxygens (including phenoxy) is 15. The van der Waals surface area contributed by atoms with Crippen molar-refractivity contribution in [1.82, 2.24) is 26.6 Å². The maximum atomic E-state index is 14.5. The molecular weight excluding hydrogens is 1810 g/mol. The molecule has 8 saturated heterocycles. The molecule has 131 heavy (non-hydrogen) atoms. The largest absolute Gasteiger partial charge is 0.477 e. The van der Waals surface area contributed by atoms with Gasteiger partial charge in [-0.2, -0.15) is 0 Å². The van der Waals surface area contributed by atoms with Crippen LogP contribution in [0.15, 0.2) is 0 Å². The fraction of sp³-hybridized carbons (Fsp3) is 0.871. The molecular formula is C70H113N5O56. The van der Waals surface area contributed by atoms with Gasteiger partial charge in [-0.25, -0.2) is 19.2 Å². The number of carbonyl (C=O) groups excluding carboxylic acids is 5. The van der Waals surface area contributed by atoms with E-state index in [1.165, 1.54) is 0 Å². The molecule has 0 aromatic rings. The van der Waals surface area contributed by atoms with Gasteiger partial charge in [0.2, 0.25) is 29.5 Å². The number of hydrogen-bond donors (Lipinski definition) is 37. The quantitative estimate of drug-likeness (QED) is 0.0270. The highest BCUT2D eigenvalue weighted by atomic mass is 16.8. The third-order valence-electron chi connectivity index (χ3n) is 22.9. The Balaban J connectivity index is 1.20. The Kier molecular flexibility index (Phi) is 39.0. The predicted octanol–water partition coefficient (Wildman–Crippen LogP) is -24.0. The molecule has 8 rings (SSSR count). The number of carboxylic acid groups (broad SMARTS) is 4. The fourth-order valence-corrected chi connectivity index (χ4v) is 16.3. The molecule has 0 aliphatic carbocycles. The Hall–Kier alpha value is -6.49. The van der Waals surface area contributed by atoms with Crippen LogP contribution >= 0.6 is 0 Å². The number of nitrogens with one attached hydrogen (secondary N) is 5. The summed E-state index contributed by atoms with van der Waals surface area (Å²) in [5.74, 6) is -31.1. The van der Waals surface area contributed by atoms with Crippen molar-refractivity contribution in [3.05, 3.63) is 0 Å². The summed E-state index contributed by atoms with van der Waals surface area (Å²) in [6.45, 7) is -14.6. The third kappa shape index (κ3) is 24.0. The van der Waals surface area contributed by atoms with Crippen LogP contribution in [0.4, 0.5) is 0 Å². The van der Waals surface area contributed by atoms with Crippen LogP contribution in [-0.2, 0) is 114 Å². The topological polar surface area (TPSA) is 1000 Å². The zero-order valence-electron chi connectivity index (χ0n) is 68.8. The number of carbonyl (C=O) groups is 9. The molecule has 37 N–H and O–H groups in total. The zero-order chi connectivity index (χ0) is 98.0. The molecule has 0 aromatic heterocycles. The van der Waals surface area contributed by atoms with Crippen molar-refractivity contribution in [2.24, 2.45) is 0 Å². The van der Waals surface area contributed by atoms with Gasteiger partial charge >= 0.3 is 23.9 Å². The molecule has 754 valence electrons. The number of aliphatic hydroxyl groups excluding tert-OH is 28. The van der Waals surface area contributed by atoms with Gasteiger partial charge in [0.1, 0.15) is 191 Å². The minimum atomic E-state index is -3.98. The molecule has 5 amide bonds. The molecule has 8 heterocycles. The average molecular weight is 1920 g/mol. The van der Waals surface area contributed by atoms with Gasteiger partial charge in [0.25, 0.3) is 23.1 Å². The van der Waals surface area contributed by atoms with Crippen LogP contribution in [0.1, 0.15) is 39.5 Å². The molecule has 0 spiro atoms. The van der Waals surface area contributed by atoms with Gasteiger partial charge in [-0.15, -0.1) is 0 Å². The van der Waals surface area contributed by atoms with Crippen LogP contribution in [0.25, 0.3) is 0 Å². The van der Waals surface area contributed by atoms with Gasteiger partial charge < -0.3 is 261 Å². The Labute approximate surface area is 735 Å². The standard InChI is InChI=1S/C70H113N5O56/c1-18(87)71-35-20(89)3-67(63(109)110,126-53(35)40(98)24(93)7-76)124-28(11-80)44(102)55-37(74-33(96)16-85)21(90)4-68(128-55,64(111)112)125-29(12-81)45(103)56-38(75-34(97)17-86)23(92)6-70(129-56,66(115)116)131-58-49(107)62(121-50-30(13-82)117-59(108)47(105)46(50)104)120-31(14-83)51(58)122-60-39(72-19(2)88)52(42(100)26(9-78)118-60)123-61-48(106)57(43(101)27(10-79)119-61)130-69(65(113)114)5-22(91)36(73-32(95)15-84)54(127-69)41(99)25(94)8-77/h20-31,35-62,76-86,89-94,98-108H,3-17H2,1-2H3,(H,71,87)(H,72,88)(H,73,95)(H,74,96)(H,75,97)(H,109,110)(H,111,112)(H,113,114)(H,115,116)/t20-,21-,22-,23-,24+,25+,26+,27+,28+,29+,30+,31+,35+,36+,37+,38+,39+,40+,41+,42-,43-,44+,45+,46+,47+,48+,49+,50+,51-,52+,53+,54+,55+,56+,57-,58+,59+,60-,61-,62-,67+,68+,69-,70-/m0/s1. The molecule has 44 atom stereocenters. The molecule has 61 nitrogen and oxygen atoms in total. The summed E-state index contributed by atoms with van der Waals surface area (Å²) in [7, 11) is 0. The SMILES string of the molecule is CC(=O)N[C@H]1[C@H](O[C@@H]2[C@H](O[C@]3(C(=O)O)C[C@H](O)[C@@H](NC(=O)CO)[C@H]([C@H](O)[C@@H](CO)O[C@]4(C(=O)O)C[C@H](O)[C@@H](NC(=O)CO)[C@H]([C@H](O)[C@@H](CO)O[C@]5(C(=O)O)C[C@H](O)[C@@H](NC(C)=O)[C@H]([C@H](O)[C@H](O)CO)O5)O4)O3)[C@@H](O)[C@H](O[C@H]3[C@H](O)[C@@H](O)[C@H](O)O[C@@H]3CO)O[C@@H]2CO)O[C@H](CO)[C@H](O)[C@@H]1O[C@@H]1O[C@H](CO)[C@H](O)[C@H](O[C@]2(C(=O)O)C[C@H](O)[C@@H](NC(=O)CO)[C@H]([C@H](O)[C@H](O)CO)O2)[C@H]1O. The Bertz CT molecular complexity index is 3780. The van der Waals surface area contributed by atoms with Crippen LogP contribution < -0.4 is 26.6 Å². The minimum absolute atomic E-state index is 0.747. The van der Waals surface area contributed by atoms with Crippen molar-refractivity contribution in [3.8, 4) is 0 Å². The second-order valence-corrected chi connectivity index (χ2v) is 31.8. The van der Waals surface area contributed by atoms with Gasteiger partial charge in [-0.3, -0.25) is 24.0 Å². The molecule has 0 unspecified atom stereocenters. The van der Waals surface area contributed by atoms with Crippen LogP contribution in [-0.4, -0.2) is 557 Å². The molecule has 0 aromatic carbocycles. The van der Waals surface area contributed by atoms with Gasteiger partial charge in [0.05, 0.1) is 101 Å². The molecule has 8 aliphatic rings. The first-order chi connectivity index (χ1) is 61.5. The van der Waals surface area contributed by atoms with Crippen molar-refractivity contribution in [2.45, 2.75) is 307 Å². The van der Waals surface area contributed by atoms with Crippen LogP contribution in [0, 0.1) is 0 Å². The zero-order valence-corrected chi connectivity index (χ0v) is 68.8. The van der Waals surface area contributed by atoms with E-state index >= 15 is 0 Å². The maximum absolute atomic E-state index is 14.5. The Morgan fingerprint density at radius 2 is 0.634 bits per heavy atom. The monoisotopic (exact) mass is 1920 g/mol. The number of hydrogen-bond acceptors (Lipinski definition) is 52. The van der Waals surface area contributed by atoms with E-state index in [0.717, 1.165) is 13.8 Å². The maximum Gasteiger partial charge on any atom is 0.364 e. The van der Waals surface area contributed by atoms with Crippen molar-refractivity contribution in [3.63, 3.8) is 0 Å². The first-order valence-corrected chi connectivity index (χ1v) is 40.2. The van der Waals surface area contributed by atoms with E-state index in [1.807, 2.05) is 16.0 Å². The predicted molar refractivity (Wildman–Crippen MR) is 395 cm³/mol. The van der Waals surface area contributed by atoms with Gasteiger partial charge in [-0.1, -0.05) is 0 Å². The second-order valence-electron chi connectivity index (χ2n) is 31.8. The van der Waals surface area contributed by atoms with Gasteiger partial charge in [0, 0.05) is 39.5 Å². The van der Waals surface area contributed by atoms with Crippen LogP contribution in [0.5, 0.6) is 0 Å². The molecule has 0 saturated carbocycles. The van der Waals surface area contributed by atoms with Crippen molar-refractivity contribution in [1.29, 1.82) is 0 Å². The molecule has 8 fully saturated rings. The van der Waals surface area contributed by atoms with Gasteiger partial charge in [0.15, 0.2) is 25.2 Å². The second kappa shape index (κ2) is 46.6. The van der Waals surface area contributed by atoms with E-state index < -0.39 is 420 Å².